The van der Waals surface area contributed by atoms with Gasteiger partial charge in [0, 0.05) is 25.3 Å². The normalized spacial score (nSPS) is 18.6. The Morgan fingerprint density at radius 1 is 1.37 bits per heavy atom. The fourth-order valence-electron chi connectivity index (χ4n) is 3.14. The molecule has 136 valence electrons. The first-order valence-electron chi connectivity index (χ1n) is 8.43. The number of ether oxygens (including phenoxy) is 1. The molecule has 2 aromatic rings. The van der Waals surface area contributed by atoms with Crippen molar-refractivity contribution in [1.82, 2.24) is 20.2 Å². The van der Waals surface area contributed by atoms with Gasteiger partial charge in [0.1, 0.15) is 12.0 Å². The number of nitriles is 2. The Labute approximate surface area is 157 Å². The van der Waals surface area contributed by atoms with Crippen molar-refractivity contribution >= 4 is 5.91 Å². The molecule has 1 N–H and O–H groups in total. The van der Waals surface area contributed by atoms with Crippen LogP contribution in [-0.2, 0) is 4.74 Å². The number of aromatic nitrogens is 2. The summed E-state index contributed by atoms with van der Waals surface area (Å²) >= 11 is 0. The topological polar surface area (TPSA) is 115 Å². The number of likely N-dealkylation sites (tertiary alicyclic amines) is 1. The number of carbonyl (C=O) groups excluding carboxylic acids is 1. The number of hydrogen-bond donors (Lipinski definition) is 1. The number of amides is 1. The van der Waals surface area contributed by atoms with Crippen LogP contribution in [0.2, 0.25) is 0 Å². The van der Waals surface area contributed by atoms with E-state index in [2.05, 4.69) is 27.5 Å². The van der Waals surface area contributed by atoms with Crippen molar-refractivity contribution in [3.05, 3.63) is 47.9 Å². The molecule has 8 heteroatoms. The number of nitrogens with zero attached hydrogens (tertiary/aromatic N) is 5. The Balaban J connectivity index is 1.73. The minimum absolute atomic E-state index is 0.0417. The summed E-state index contributed by atoms with van der Waals surface area (Å²) in [5.41, 5.74) is 2.06. The van der Waals surface area contributed by atoms with Gasteiger partial charge in [0.25, 0.3) is 5.91 Å². The van der Waals surface area contributed by atoms with E-state index >= 15 is 0 Å². The molecule has 0 radical (unpaired) electrons. The highest BCUT2D eigenvalue weighted by molar-refractivity contribution is 5.93. The number of hydrogen-bond acceptors (Lipinski definition) is 7. The van der Waals surface area contributed by atoms with Crippen LogP contribution in [0.25, 0.3) is 11.3 Å². The van der Waals surface area contributed by atoms with Gasteiger partial charge in [0.2, 0.25) is 0 Å². The van der Waals surface area contributed by atoms with Crippen molar-refractivity contribution in [2.45, 2.75) is 18.5 Å². The third-order valence-electron chi connectivity index (χ3n) is 4.42. The molecule has 3 rings (SSSR count). The molecule has 0 saturated carbocycles. The first-order chi connectivity index (χ1) is 13.1. The van der Waals surface area contributed by atoms with Crippen LogP contribution in [0.4, 0.5) is 0 Å². The highest BCUT2D eigenvalue weighted by Gasteiger charge is 2.32. The van der Waals surface area contributed by atoms with Gasteiger partial charge in [-0.1, -0.05) is 12.1 Å². The lowest BCUT2D eigenvalue weighted by Crippen LogP contribution is -2.36. The van der Waals surface area contributed by atoms with Crippen LogP contribution < -0.4 is 5.32 Å². The molecular formula is C19H18N6O2. The van der Waals surface area contributed by atoms with E-state index < -0.39 is 0 Å². The van der Waals surface area contributed by atoms with E-state index in [1.807, 2.05) is 6.07 Å². The molecule has 0 bridgehead atoms. The van der Waals surface area contributed by atoms with E-state index in [4.69, 9.17) is 10.00 Å². The van der Waals surface area contributed by atoms with E-state index in [-0.39, 0.29) is 23.7 Å². The molecule has 1 aromatic carbocycles. The second-order valence-electron chi connectivity index (χ2n) is 6.25. The fourth-order valence-corrected chi connectivity index (χ4v) is 3.14. The molecule has 0 spiro atoms. The molecule has 2 heterocycles. The average molecular weight is 362 g/mol. The quantitative estimate of drug-likeness (QED) is 0.798. The molecule has 1 amide bonds. The number of carbonyl (C=O) groups is 1. The smallest absolute Gasteiger partial charge is 0.270 e. The SMILES string of the molecule is COC[C@@H]1C[C@@H](NC(=O)c2cc(-c3cccc(C#N)c3)ncn2)CN1C#N. The van der Waals surface area contributed by atoms with Crippen molar-refractivity contribution in [3.8, 4) is 23.5 Å². The van der Waals surface area contributed by atoms with Crippen LogP contribution in [0, 0.1) is 22.8 Å². The maximum atomic E-state index is 12.6. The van der Waals surface area contributed by atoms with Gasteiger partial charge >= 0.3 is 0 Å². The second kappa shape index (κ2) is 8.26. The Morgan fingerprint density at radius 2 is 2.22 bits per heavy atom. The summed E-state index contributed by atoms with van der Waals surface area (Å²) in [6.45, 7) is 0.880. The van der Waals surface area contributed by atoms with E-state index in [9.17, 15) is 10.1 Å². The molecule has 1 aromatic heterocycles. The Hall–Kier alpha value is -3.49. The zero-order valence-electron chi connectivity index (χ0n) is 14.8. The highest BCUT2D eigenvalue weighted by atomic mass is 16.5. The second-order valence-corrected chi connectivity index (χ2v) is 6.25. The number of nitrogens with one attached hydrogen (secondary N) is 1. The maximum absolute atomic E-state index is 12.6. The molecule has 0 aliphatic carbocycles. The largest absolute Gasteiger partial charge is 0.383 e. The fraction of sp³-hybridized carbons (Fsp3) is 0.316. The molecule has 2 atom stereocenters. The lowest BCUT2D eigenvalue weighted by atomic mass is 10.1. The monoisotopic (exact) mass is 362 g/mol. The third-order valence-corrected chi connectivity index (χ3v) is 4.42. The number of rotatable bonds is 5. The van der Waals surface area contributed by atoms with Crippen LogP contribution >= 0.6 is 0 Å². The van der Waals surface area contributed by atoms with Gasteiger partial charge in [-0.3, -0.25) is 4.79 Å². The zero-order chi connectivity index (χ0) is 19.2. The van der Waals surface area contributed by atoms with E-state index in [0.717, 1.165) is 5.56 Å². The van der Waals surface area contributed by atoms with Gasteiger partial charge in [-0.05, 0) is 24.6 Å². The zero-order valence-corrected chi connectivity index (χ0v) is 14.8. The molecule has 1 aliphatic rings. The Morgan fingerprint density at radius 3 is 2.96 bits per heavy atom. The first-order valence-corrected chi connectivity index (χ1v) is 8.43. The van der Waals surface area contributed by atoms with Crippen molar-refractivity contribution in [2.75, 3.05) is 20.3 Å². The van der Waals surface area contributed by atoms with Crippen LogP contribution in [-0.4, -0.2) is 53.1 Å². The lowest BCUT2D eigenvalue weighted by Gasteiger charge is -2.15. The van der Waals surface area contributed by atoms with E-state index in [1.54, 1.807) is 36.3 Å². The maximum Gasteiger partial charge on any atom is 0.270 e. The van der Waals surface area contributed by atoms with Gasteiger partial charge in [-0.25, -0.2) is 9.97 Å². The minimum atomic E-state index is -0.323. The summed E-state index contributed by atoms with van der Waals surface area (Å²) in [4.78, 5) is 22.4. The predicted molar refractivity (Wildman–Crippen MR) is 96.0 cm³/mol. The van der Waals surface area contributed by atoms with Crippen molar-refractivity contribution in [1.29, 1.82) is 10.5 Å². The van der Waals surface area contributed by atoms with Gasteiger partial charge in [0.05, 0.1) is 30.0 Å². The average Bonchev–Trinajstić information content (AvgIpc) is 3.09. The molecule has 27 heavy (non-hydrogen) atoms. The summed E-state index contributed by atoms with van der Waals surface area (Å²) < 4.78 is 5.13. The van der Waals surface area contributed by atoms with Crippen LogP contribution in [0.5, 0.6) is 0 Å². The van der Waals surface area contributed by atoms with Gasteiger partial charge in [0.15, 0.2) is 6.19 Å². The molecule has 0 unspecified atom stereocenters. The van der Waals surface area contributed by atoms with Crippen LogP contribution in [0.3, 0.4) is 0 Å². The standard InChI is InChI=1S/C19H18N6O2/c1-27-10-16-6-15(9-25(16)11-21)24-19(26)18-7-17(22-12-23-18)14-4-2-3-13(5-14)8-20/h2-5,7,12,15-16H,6,9-10H2,1H3,(H,24,26)/t15-,16+/m1/s1. The van der Waals surface area contributed by atoms with Crippen molar-refractivity contribution < 1.29 is 9.53 Å². The van der Waals surface area contributed by atoms with E-state index in [1.165, 1.54) is 6.33 Å². The van der Waals surface area contributed by atoms with Gasteiger partial charge < -0.3 is 15.0 Å². The van der Waals surface area contributed by atoms with Crippen molar-refractivity contribution in [3.63, 3.8) is 0 Å². The van der Waals surface area contributed by atoms with Gasteiger partial charge in [-0.2, -0.15) is 10.5 Å². The highest BCUT2D eigenvalue weighted by Crippen LogP contribution is 2.20. The summed E-state index contributed by atoms with van der Waals surface area (Å²) in [6.07, 6.45) is 4.09. The molecule has 1 saturated heterocycles. The third kappa shape index (κ3) is 4.20. The first kappa shape index (κ1) is 18.3. The summed E-state index contributed by atoms with van der Waals surface area (Å²) in [7, 11) is 1.59. The molecular weight excluding hydrogens is 344 g/mol. The number of methoxy groups -OCH3 is 1. The summed E-state index contributed by atoms with van der Waals surface area (Å²) in [5.74, 6) is -0.323. The summed E-state index contributed by atoms with van der Waals surface area (Å²) in [5, 5.41) is 21.2. The molecule has 8 nitrogen and oxygen atoms in total. The van der Waals surface area contributed by atoms with E-state index in [0.29, 0.717) is 30.8 Å². The van der Waals surface area contributed by atoms with Crippen LogP contribution in [0.1, 0.15) is 22.5 Å². The Bertz CT molecular complexity index is 917. The lowest BCUT2D eigenvalue weighted by molar-refractivity contribution is 0.0933. The molecule has 1 aliphatic heterocycles. The van der Waals surface area contributed by atoms with Crippen molar-refractivity contribution in [2.24, 2.45) is 0 Å². The Kier molecular flexibility index (Phi) is 5.60. The number of benzene rings is 1. The van der Waals surface area contributed by atoms with Crippen LogP contribution in [0.15, 0.2) is 36.7 Å². The molecule has 1 fully saturated rings. The predicted octanol–water partition coefficient (Wildman–Crippen LogP) is 1.32. The summed E-state index contributed by atoms with van der Waals surface area (Å²) in [6, 6.07) is 10.5. The minimum Gasteiger partial charge on any atom is -0.383 e. The van der Waals surface area contributed by atoms with Gasteiger partial charge in [-0.15, -0.1) is 0 Å².